The number of imidazole rings is 1. The van der Waals surface area contributed by atoms with Gasteiger partial charge in [-0.2, -0.15) is 0 Å². The Kier molecular flexibility index (Phi) is 5.41. The summed E-state index contributed by atoms with van der Waals surface area (Å²) in [7, 11) is 0. The van der Waals surface area contributed by atoms with E-state index in [4.69, 9.17) is 8.22 Å². The van der Waals surface area contributed by atoms with Crippen LogP contribution in [0.5, 0.6) is 5.75 Å². The van der Waals surface area contributed by atoms with Crippen molar-refractivity contribution >= 4 is 17.2 Å². The van der Waals surface area contributed by atoms with Crippen molar-refractivity contribution in [2.24, 2.45) is 0 Å². The summed E-state index contributed by atoms with van der Waals surface area (Å²) >= 11 is 0. The minimum absolute atomic E-state index is 0.0721. The molecule has 0 atom stereocenters. The molecule has 1 saturated heterocycles. The Balaban J connectivity index is 1.24. The van der Waals surface area contributed by atoms with Gasteiger partial charge in [0.25, 0.3) is 5.91 Å². The van der Waals surface area contributed by atoms with Crippen molar-refractivity contribution in [3.63, 3.8) is 0 Å². The standard InChI is InChI=1S/C29H28F4N4O2/c1-18-9-14-37-26(15-18)35-19(2)27(37)28(38)34-17-20-3-8-24(25(30)16-20)21-10-12-36(13-11-21)22-4-6-23(7-5-22)39-29(31,32)33/h3-9,14-16,21H,10-13,17H2,1-2H3,(H,34,38)/i1D3,9D,14D,15D. The largest absolute Gasteiger partial charge is 0.573 e. The fourth-order valence-corrected chi connectivity index (χ4v) is 4.83. The summed E-state index contributed by atoms with van der Waals surface area (Å²) in [4.78, 5) is 19.3. The highest BCUT2D eigenvalue weighted by Gasteiger charge is 2.31. The number of piperidine rings is 1. The third-order valence-electron chi connectivity index (χ3n) is 6.68. The lowest BCUT2D eigenvalue weighted by molar-refractivity contribution is -0.274. The number of nitrogens with zero attached hydrogens (tertiary/aromatic N) is 3. The SMILES string of the molecule is [2H]c1c(C([2H])([2H])[2H])c([2H])c2nc(C)c(C(=O)NCc3ccc(C4CCN(c5ccc(OC(F)(F)F)cc5)CC4)c(F)c3)n2c1[2H]. The predicted molar refractivity (Wildman–Crippen MR) is 140 cm³/mol. The van der Waals surface area contributed by atoms with E-state index in [9.17, 15) is 18.0 Å². The molecule has 1 aliphatic heterocycles. The van der Waals surface area contributed by atoms with Crippen LogP contribution >= 0.6 is 0 Å². The quantitative estimate of drug-likeness (QED) is 0.288. The molecule has 10 heteroatoms. The summed E-state index contributed by atoms with van der Waals surface area (Å²) in [6, 6.07) is 9.03. The van der Waals surface area contributed by atoms with Gasteiger partial charge in [0.2, 0.25) is 0 Å². The molecule has 0 bridgehead atoms. The van der Waals surface area contributed by atoms with Crippen LogP contribution in [0.4, 0.5) is 23.2 Å². The zero-order valence-corrected chi connectivity index (χ0v) is 20.8. The molecule has 1 fully saturated rings. The molecule has 1 aliphatic rings. The Labute approximate surface area is 231 Å². The van der Waals surface area contributed by atoms with E-state index in [0.29, 0.717) is 37.1 Å². The lowest BCUT2D eigenvalue weighted by atomic mass is 9.88. The average molecular weight is 547 g/mol. The second-order valence-electron chi connectivity index (χ2n) is 9.28. The summed E-state index contributed by atoms with van der Waals surface area (Å²) in [6.45, 7) is -0.266. The fourth-order valence-electron chi connectivity index (χ4n) is 4.83. The molecule has 0 saturated carbocycles. The van der Waals surface area contributed by atoms with Gasteiger partial charge in [0, 0.05) is 35.6 Å². The minimum Gasteiger partial charge on any atom is -0.406 e. The number of anilines is 1. The van der Waals surface area contributed by atoms with Crippen LogP contribution in [0.1, 0.15) is 59.9 Å². The van der Waals surface area contributed by atoms with E-state index < -0.39 is 48.8 Å². The van der Waals surface area contributed by atoms with Gasteiger partial charge in [0.15, 0.2) is 0 Å². The first-order valence-corrected chi connectivity index (χ1v) is 12.2. The number of nitrogens with one attached hydrogen (secondary N) is 1. The Hall–Kier alpha value is -4.08. The number of carbonyl (C=O) groups is 1. The average Bonchev–Trinajstić information content (AvgIpc) is 3.31. The summed E-state index contributed by atoms with van der Waals surface area (Å²) in [6.07, 6.45) is -4.11. The maximum Gasteiger partial charge on any atom is 0.573 e. The topological polar surface area (TPSA) is 58.9 Å². The number of aryl methyl sites for hydroxylation is 1. The van der Waals surface area contributed by atoms with Crippen molar-refractivity contribution in [2.75, 3.05) is 18.0 Å². The molecule has 4 aromatic rings. The smallest absolute Gasteiger partial charge is 0.406 e. The highest BCUT2D eigenvalue weighted by atomic mass is 19.4. The van der Waals surface area contributed by atoms with E-state index >= 15 is 4.39 Å². The number of alkyl halides is 3. The lowest BCUT2D eigenvalue weighted by Gasteiger charge is -2.34. The number of carbonyl (C=O) groups excluding carboxylic acids is 1. The molecule has 0 aliphatic carbocycles. The van der Waals surface area contributed by atoms with Crippen molar-refractivity contribution in [2.45, 2.75) is 45.4 Å². The third-order valence-corrected chi connectivity index (χ3v) is 6.68. The Morgan fingerprint density at radius 3 is 2.62 bits per heavy atom. The number of aromatic nitrogens is 2. The van der Waals surface area contributed by atoms with Crippen LogP contribution in [0.2, 0.25) is 0 Å². The van der Waals surface area contributed by atoms with E-state index in [1.807, 2.05) is 4.90 Å². The van der Waals surface area contributed by atoms with Crippen LogP contribution < -0.4 is 15.0 Å². The molecule has 6 nitrogen and oxygen atoms in total. The predicted octanol–water partition coefficient (Wildman–Crippen LogP) is 6.30. The number of benzene rings is 2. The van der Waals surface area contributed by atoms with Gasteiger partial charge in [-0.05, 0) is 91.6 Å². The highest BCUT2D eigenvalue weighted by molar-refractivity contribution is 5.94. The number of amides is 1. The van der Waals surface area contributed by atoms with Crippen LogP contribution in [0.25, 0.3) is 5.65 Å². The second-order valence-corrected chi connectivity index (χ2v) is 9.28. The first-order valence-electron chi connectivity index (χ1n) is 15.2. The van der Waals surface area contributed by atoms with Crippen LogP contribution in [0, 0.1) is 19.6 Å². The number of hydrogen-bond donors (Lipinski definition) is 1. The third kappa shape index (κ3) is 6.00. The molecule has 1 amide bonds. The van der Waals surface area contributed by atoms with Crippen LogP contribution in [0.15, 0.2) is 60.7 Å². The molecule has 1 N–H and O–H groups in total. The summed E-state index contributed by atoms with van der Waals surface area (Å²) in [5, 5.41) is 2.65. The zero-order chi connectivity index (χ0) is 32.8. The van der Waals surface area contributed by atoms with Crippen molar-refractivity contribution in [3.05, 3.63) is 94.6 Å². The first-order chi connectivity index (χ1) is 21.0. The Bertz CT molecular complexity index is 1750. The number of fused-ring (bicyclic) bond motifs is 1. The van der Waals surface area contributed by atoms with Gasteiger partial charge in [0.1, 0.15) is 22.9 Å². The number of rotatable bonds is 6. The maximum atomic E-state index is 15.2. The molecule has 204 valence electrons. The maximum absolute atomic E-state index is 15.2. The van der Waals surface area contributed by atoms with E-state index in [2.05, 4.69) is 15.0 Å². The van der Waals surface area contributed by atoms with Crippen LogP contribution in [-0.4, -0.2) is 34.7 Å². The van der Waals surface area contributed by atoms with Gasteiger partial charge in [-0.1, -0.05) is 12.1 Å². The zero-order valence-electron chi connectivity index (χ0n) is 26.8. The van der Waals surface area contributed by atoms with Crippen molar-refractivity contribution in [1.82, 2.24) is 14.7 Å². The van der Waals surface area contributed by atoms with E-state index in [1.54, 1.807) is 24.3 Å². The van der Waals surface area contributed by atoms with Crippen molar-refractivity contribution in [3.8, 4) is 5.75 Å². The molecule has 0 radical (unpaired) electrons. The van der Waals surface area contributed by atoms with Gasteiger partial charge >= 0.3 is 6.36 Å². The van der Waals surface area contributed by atoms with Crippen LogP contribution in [-0.2, 0) is 6.54 Å². The van der Waals surface area contributed by atoms with Gasteiger partial charge < -0.3 is 15.0 Å². The Morgan fingerprint density at radius 1 is 1.21 bits per heavy atom. The van der Waals surface area contributed by atoms with Crippen molar-refractivity contribution in [1.29, 1.82) is 0 Å². The second kappa shape index (κ2) is 10.6. The Morgan fingerprint density at radius 2 is 1.95 bits per heavy atom. The number of pyridine rings is 1. The van der Waals surface area contributed by atoms with Crippen molar-refractivity contribution < 1.29 is 35.3 Å². The summed E-state index contributed by atoms with van der Waals surface area (Å²) in [5.74, 6) is -1.51. The summed E-state index contributed by atoms with van der Waals surface area (Å²) < 4.78 is 105. The van der Waals surface area contributed by atoms with Gasteiger partial charge in [-0.3, -0.25) is 9.20 Å². The monoisotopic (exact) mass is 546 g/mol. The fraction of sp³-hybridized carbons (Fsp3) is 0.310. The highest BCUT2D eigenvalue weighted by Crippen LogP contribution is 2.33. The van der Waals surface area contributed by atoms with Gasteiger partial charge in [-0.25, -0.2) is 9.37 Å². The summed E-state index contributed by atoms with van der Waals surface area (Å²) in [5.41, 5.74) is 0.892. The van der Waals surface area contributed by atoms with Crippen LogP contribution in [0.3, 0.4) is 0 Å². The van der Waals surface area contributed by atoms with Gasteiger partial charge in [0.05, 0.1) is 9.81 Å². The minimum atomic E-state index is -4.76. The molecule has 2 aromatic heterocycles. The number of halogens is 4. The molecule has 3 heterocycles. The molecule has 39 heavy (non-hydrogen) atoms. The molecule has 5 rings (SSSR count). The lowest BCUT2D eigenvalue weighted by Crippen LogP contribution is -2.33. The molecular formula is C29H28F4N4O2. The van der Waals surface area contributed by atoms with E-state index in [0.717, 1.165) is 10.1 Å². The molecule has 2 aromatic carbocycles. The number of ether oxygens (including phenoxy) is 1. The van der Waals surface area contributed by atoms with E-state index in [-0.39, 0.29) is 35.2 Å². The molecule has 0 spiro atoms. The first kappa shape index (κ1) is 19.9. The number of hydrogen-bond acceptors (Lipinski definition) is 4. The van der Waals surface area contributed by atoms with E-state index in [1.165, 1.54) is 25.1 Å². The normalized spacial score (nSPS) is 17.1. The molecule has 0 unspecified atom stereocenters. The van der Waals surface area contributed by atoms with Gasteiger partial charge in [-0.15, -0.1) is 13.2 Å². The molecular weight excluding hydrogens is 512 g/mol.